The molecular formula is C22H34IN5O2. The van der Waals surface area contributed by atoms with Crippen LogP contribution in [0.15, 0.2) is 35.6 Å². The number of likely N-dealkylation sites (tertiary alicyclic amines) is 1. The number of piperidine rings is 1. The average molecular weight is 527 g/mol. The predicted octanol–water partition coefficient (Wildman–Crippen LogP) is 3.12. The number of hydrogen-bond acceptors (Lipinski definition) is 4. The molecule has 2 aromatic heterocycles. The lowest BCUT2D eigenvalue weighted by molar-refractivity contribution is -0.0721. The number of aromatic nitrogens is 2. The number of rotatable bonds is 6. The van der Waals surface area contributed by atoms with Gasteiger partial charge in [0.2, 0.25) is 0 Å². The summed E-state index contributed by atoms with van der Waals surface area (Å²) >= 11 is 0. The fraction of sp³-hybridized carbons (Fsp3) is 0.636. The van der Waals surface area contributed by atoms with Gasteiger partial charge in [-0.3, -0.25) is 4.99 Å². The maximum absolute atomic E-state index is 6.13. The number of guanidine groups is 1. The van der Waals surface area contributed by atoms with Crippen LogP contribution in [0.4, 0.5) is 0 Å². The first kappa shape index (κ1) is 23.3. The molecule has 4 rings (SSSR count). The molecule has 30 heavy (non-hydrogen) atoms. The van der Waals surface area contributed by atoms with Crippen LogP contribution in [0.3, 0.4) is 0 Å². The van der Waals surface area contributed by atoms with Gasteiger partial charge >= 0.3 is 0 Å². The van der Waals surface area contributed by atoms with Crippen molar-refractivity contribution in [2.45, 2.75) is 50.7 Å². The van der Waals surface area contributed by atoms with Crippen molar-refractivity contribution in [3.05, 3.63) is 36.3 Å². The smallest absolute Gasteiger partial charge is 0.193 e. The molecule has 0 aliphatic carbocycles. The highest BCUT2D eigenvalue weighted by Gasteiger charge is 2.23. The lowest BCUT2D eigenvalue weighted by Crippen LogP contribution is -2.47. The fourth-order valence-corrected chi connectivity index (χ4v) is 4.16. The van der Waals surface area contributed by atoms with Crippen LogP contribution >= 0.6 is 24.0 Å². The maximum Gasteiger partial charge on any atom is 0.193 e. The van der Waals surface area contributed by atoms with Crippen molar-refractivity contribution < 1.29 is 9.47 Å². The Labute approximate surface area is 196 Å². The number of imidazole rings is 1. The van der Waals surface area contributed by atoms with Crippen molar-refractivity contribution in [1.29, 1.82) is 0 Å². The largest absolute Gasteiger partial charge is 0.376 e. The number of aliphatic imine (C=N–C) groups is 1. The highest BCUT2D eigenvalue weighted by atomic mass is 127. The molecule has 1 N–H and O–H groups in total. The van der Waals surface area contributed by atoms with Gasteiger partial charge in [-0.2, -0.15) is 0 Å². The number of pyridine rings is 1. The molecule has 8 heteroatoms. The van der Waals surface area contributed by atoms with Crippen molar-refractivity contribution >= 4 is 35.6 Å². The molecule has 1 unspecified atom stereocenters. The normalized spacial score (nSPS) is 20.9. The van der Waals surface area contributed by atoms with Crippen LogP contribution in [0.1, 0.15) is 37.8 Å². The van der Waals surface area contributed by atoms with E-state index in [9.17, 15) is 0 Å². The molecule has 4 heterocycles. The lowest BCUT2D eigenvalue weighted by atomic mass is 10.1. The third kappa shape index (κ3) is 6.31. The maximum atomic E-state index is 6.13. The SMILES string of the molecule is CN=C(NCCc1cn2ccccc2n1)N1CCC(OCC2CCCCO2)CC1.I. The Balaban J connectivity index is 0.00000256. The molecule has 2 saturated heterocycles. The summed E-state index contributed by atoms with van der Waals surface area (Å²) in [5.41, 5.74) is 2.09. The molecule has 7 nitrogen and oxygen atoms in total. The van der Waals surface area contributed by atoms with E-state index < -0.39 is 0 Å². The number of hydrogen-bond donors (Lipinski definition) is 1. The lowest BCUT2D eigenvalue weighted by Gasteiger charge is -2.35. The molecule has 0 aromatic carbocycles. The summed E-state index contributed by atoms with van der Waals surface area (Å²) in [6.45, 7) is 4.42. The molecule has 2 fully saturated rings. The van der Waals surface area contributed by atoms with Gasteiger partial charge in [0, 0.05) is 52.1 Å². The monoisotopic (exact) mass is 527 g/mol. The van der Waals surface area contributed by atoms with Crippen LogP contribution in [-0.4, -0.2) is 72.3 Å². The van der Waals surface area contributed by atoms with Gasteiger partial charge in [-0.25, -0.2) is 4.98 Å². The van der Waals surface area contributed by atoms with Crippen LogP contribution in [0.5, 0.6) is 0 Å². The number of ether oxygens (including phenoxy) is 2. The van der Waals surface area contributed by atoms with Crippen molar-refractivity contribution in [3.8, 4) is 0 Å². The number of halogens is 1. The first-order valence-corrected chi connectivity index (χ1v) is 10.9. The highest BCUT2D eigenvalue weighted by molar-refractivity contribution is 14.0. The third-order valence-electron chi connectivity index (χ3n) is 5.82. The van der Waals surface area contributed by atoms with Gasteiger partial charge in [0.1, 0.15) is 5.65 Å². The molecule has 0 bridgehead atoms. The summed E-state index contributed by atoms with van der Waals surface area (Å²) < 4.78 is 14.0. The fourth-order valence-electron chi connectivity index (χ4n) is 4.16. The van der Waals surface area contributed by atoms with E-state index in [2.05, 4.69) is 30.8 Å². The van der Waals surface area contributed by atoms with E-state index in [0.29, 0.717) is 12.2 Å². The molecule has 2 aliphatic rings. The molecular weight excluding hydrogens is 493 g/mol. The second kappa shape index (κ2) is 11.9. The Hall–Kier alpha value is -1.39. The Morgan fingerprint density at radius 1 is 1.27 bits per heavy atom. The van der Waals surface area contributed by atoms with Crippen molar-refractivity contribution in [2.75, 3.05) is 39.9 Å². The summed E-state index contributed by atoms with van der Waals surface area (Å²) in [7, 11) is 1.86. The van der Waals surface area contributed by atoms with Crippen LogP contribution in [0, 0.1) is 0 Å². The van der Waals surface area contributed by atoms with Gasteiger partial charge in [-0.15, -0.1) is 24.0 Å². The van der Waals surface area contributed by atoms with E-state index in [1.54, 1.807) is 0 Å². The van der Waals surface area contributed by atoms with Crippen LogP contribution in [0.25, 0.3) is 5.65 Å². The minimum absolute atomic E-state index is 0. The number of nitrogens with one attached hydrogen (secondary N) is 1. The predicted molar refractivity (Wildman–Crippen MR) is 130 cm³/mol. The first-order valence-electron chi connectivity index (χ1n) is 10.9. The van der Waals surface area contributed by atoms with Gasteiger partial charge < -0.3 is 24.1 Å². The summed E-state index contributed by atoms with van der Waals surface area (Å²) in [5, 5.41) is 3.50. The zero-order chi connectivity index (χ0) is 19.9. The molecule has 166 valence electrons. The standard InChI is InChI=1S/C22H33N5O2.HI/c1-23-22(24-11-8-18-16-27-12-4-2-7-21(27)25-18)26-13-9-19(10-14-26)29-17-20-6-3-5-15-28-20;/h2,4,7,12,16,19-20H,3,5-6,8-11,13-15,17H2,1H3,(H,23,24);1H. The van der Waals surface area contributed by atoms with Crippen LogP contribution < -0.4 is 5.32 Å². The highest BCUT2D eigenvalue weighted by Crippen LogP contribution is 2.18. The zero-order valence-corrected chi connectivity index (χ0v) is 20.2. The minimum atomic E-state index is 0. The van der Waals surface area contributed by atoms with Gasteiger partial charge in [-0.05, 0) is 44.2 Å². The van der Waals surface area contributed by atoms with E-state index in [1.807, 2.05) is 31.4 Å². The second-order valence-corrected chi connectivity index (χ2v) is 7.93. The Kier molecular flexibility index (Phi) is 9.20. The average Bonchev–Trinajstić information content (AvgIpc) is 3.19. The van der Waals surface area contributed by atoms with Crippen LogP contribution in [-0.2, 0) is 15.9 Å². The summed E-state index contributed by atoms with van der Waals surface area (Å²) in [5.74, 6) is 0.975. The van der Waals surface area contributed by atoms with Gasteiger partial charge in [0.15, 0.2) is 5.96 Å². The summed E-state index contributed by atoms with van der Waals surface area (Å²) in [6, 6.07) is 6.07. The molecule has 0 radical (unpaired) electrons. The van der Waals surface area contributed by atoms with Crippen molar-refractivity contribution in [2.24, 2.45) is 4.99 Å². The molecule has 0 saturated carbocycles. The number of fused-ring (bicyclic) bond motifs is 1. The van der Waals surface area contributed by atoms with E-state index in [-0.39, 0.29) is 24.0 Å². The Bertz CT molecular complexity index is 765. The van der Waals surface area contributed by atoms with Crippen molar-refractivity contribution in [1.82, 2.24) is 19.6 Å². The molecule has 0 spiro atoms. The topological polar surface area (TPSA) is 63.4 Å². The number of nitrogens with zero attached hydrogens (tertiary/aromatic N) is 4. The summed E-state index contributed by atoms with van der Waals surface area (Å²) in [6.07, 6.45) is 11.3. The van der Waals surface area contributed by atoms with E-state index in [0.717, 1.165) is 75.8 Å². The molecule has 2 aliphatic heterocycles. The molecule has 0 amide bonds. The Morgan fingerprint density at radius 3 is 2.87 bits per heavy atom. The summed E-state index contributed by atoms with van der Waals surface area (Å²) in [4.78, 5) is 11.5. The van der Waals surface area contributed by atoms with E-state index in [4.69, 9.17) is 9.47 Å². The van der Waals surface area contributed by atoms with Gasteiger partial charge in [0.25, 0.3) is 0 Å². The first-order chi connectivity index (χ1) is 14.3. The van der Waals surface area contributed by atoms with Gasteiger partial charge in [0.05, 0.1) is 24.5 Å². The molecule has 2 aromatic rings. The second-order valence-electron chi connectivity index (χ2n) is 7.93. The van der Waals surface area contributed by atoms with E-state index in [1.165, 1.54) is 12.8 Å². The van der Waals surface area contributed by atoms with Crippen molar-refractivity contribution in [3.63, 3.8) is 0 Å². The van der Waals surface area contributed by atoms with Gasteiger partial charge in [-0.1, -0.05) is 6.07 Å². The van der Waals surface area contributed by atoms with Crippen LogP contribution in [0.2, 0.25) is 0 Å². The quantitative estimate of drug-likeness (QED) is 0.356. The minimum Gasteiger partial charge on any atom is -0.376 e. The third-order valence-corrected chi connectivity index (χ3v) is 5.82. The van der Waals surface area contributed by atoms with E-state index >= 15 is 0 Å². The molecule has 1 atom stereocenters. The zero-order valence-electron chi connectivity index (χ0n) is 17.8. The Morgan fingerprint density at radius 2 is 2.13 bits per heavy atom.